The molecule has 0 saturated carbocycles. The Morgan fingerprint density at radius 2 is 2.44 bits per heavy atom. The highest BCUT2D eigenvalue weighted by molar-refractivity contribution is 8.01. The Bertz CT molecular complexity index is 111. The fourth-order valence-electron chi connectivity index (χ4n) is 0.897. The maximum atomic E-state index is 2.36. The summed E-state index contributed by atoms with van der Waals surface area (Å²) in [6.45, 7) is 3.51. The SMILES string of the molecule is CS/C=C\N1CCC1C. The van der Waals surface area contributed by atoms with E-state index in [2.05, 4.69) is 29.7 Å². The highest BCUT2D eigenvalue weighted by Crippen LogP contribution is 2.16. The van der Waals surface area contributed by atoms with Crippen LogP contribution < -0.4 is 0 Å². The number of hydrogen-bond acceptors (Lipinski definition) is 2. The van der Waals surface area contributed by atoms with Gasteiger partial charge in [-0.2, -0.15) is 0 Å². The van der Waals surface area contributed by atoms with Gasteiger partial charge < -0.3 is 4.90 Å². The van der Waals surface area contributed by atoms with Crippen LogP contribution in [0.15, 0.2) is 11.6 Å². The lowest BCUT2D eigenvalue weighted by molar-refractivity contribution is 0.172. The van der Waals surface area contributed by atoms with Crippen molar-refractivity contribution in [2.45, 2.75) is 19.4 Å². The number of thioether (sulfide) groups is 1. The summed E-state index contributed by atoms with van der Waals surface area (Å²) in [5.74, 6) is 0. The summed E-state index contributed by atoms with van der Waals surface area (Å²) in [5, 5.41) is 2.13. The number of rotatable bonds is 2. The van der Waals surface area contributed by atoms with Gasteiger partial charge in [0, 0.05) is 18.8 Å². The fourth-order valence-corrected chi connectivity index (χ4v) is 1.17. The Kier molecular flexibility index (Phi) is 2.46. The second-order valence-electron chi connectivity index (χ2n) is 2.40. The van der Waals surface area contributed by atoms with Crippen LogP contribution in [0.3, 0.4) is 0 Å². The molecule has 0 N–H and O–H groups in total. The summed E-state index contributed by atoms with van der Waals surface area (Å²) in [6, 6.07) is 0.786. The van der Waals surface area contributed by atoms with Gasteiger partial charge in [0.25, 0.3) is 0 Å². The standard InChI is InChI=1S/C7H13NS/c1-7-3-4-8(7)5-6-9-2/h5-7H,3-4H2,1-2H3/b6-5-. The van der Waals surface area contributed by atoms with Crippen molar-refractivity contribution in [2.75, 3.05) is 12.8 Å². The molecular weight excluding hydrogens is 130 g/mol. The van der Waals surface area contributed by atoms with Crippen molar-refractivity contribution in [3.05, 3.63) is 11.6 Å². The van der Waals surface area contributed by atoms with Crippen LogP contribution in [-0.2, 0) is 0 Å². The van der Waals surface area contributed by atoms with Crippen molar-refractivity contribution in [1.82, 2.24) is 4.90 Å². The topological polar surface area (TPSA) is 3.24 Å². The first-order chi connectivity index (χ1) is 4.34. The predicted molar refractivity (Wildman–Crippen MR) is 43.4 cm³/mol. The van der Waals surface area contributed by atoms with Crippen LogP contribution >= 0.6 is 11.8 Å². The highest BCUT2D eigenvalue weighted by Gasteiger charge is 2.18. The molecule has 2 heteroatoms. The van der Waals surface area contributed by atoms with E-state index >= 15 is 0 Å². The van der Waals surface area contributed by atoms with Crippen molar-refractivity contribution >= 4 is 11.8 Å². The third-order valence-corrected chi connectivity index (χ3v) is 2.15. The van der Waals surface area contributed by atoms with Crippen LogP contribution in [0.1, 0.15) is 13.3 Å². The van der Waals surface area contributed by atoms with Gasteiger partial charge in [-0.3, -0.25) is 0 Å². The van der Waals surface area contributed by atoms with Gasteiger partial charge in [-0.25, -0.2) is 0 Å². The van der Waals surface area contributed by atoms with Crippen molar-refractivity contribution in [1.29, 1.82) is 0 Å². The fraction of sp³-hybridized carbons (Fsp3) is 0.714. The van der Waals surface area contributed by atoms with Gasteiger partial charge in [-0.15, -0.1) is 11.8 Å². The Morgan fingerprint density at radius 1 is 1.67 bits per heavy atom. The van der Waals surface area contributed by atoms with Gasteiger partial charge in [0.1, 0.15) is 0 Å². The number of hydrogen-bond donors (Lipinski definition) is 0. The Labute approximate surface area is 61.1 Å². The first-order valence-corrected chi connectivity index (χ1v) is 4.58. The second kappa shape index (κ2) is 3.16. The summed E-state index contributed by atoms with van der Waals surface area (Å²) in [4.78, 5) is 2.36. The van der Waals surface area contributed by atoms with Gasteiger partial charge in [-0.05, 0) is 25.0 Å². The average molecular weight is 143 g/mol. The smallest absolute Gasteiger partial charge is 0.0273 e. The van der Waals surface area contributed by atoms with Gasteiger partial charge in [0.2, 0.25) is 0 Å². The number of nitrogens with zero attached hydrogens (tertiary/aromatic N) is 1. The minimum absolute atomic E-state index is 0.786. The van der Waals surface area contributed by atoms with E-state index in [-0.39, 0.29) is 0 Å². The summed E-state index contributed by atoms with van der Waals surface area (Å²) in [6.07, 6.45) is 5.62. The molecule has 0 radical (unpaired) electrons. The largest absolute Gasteiger partial charge is 0.374 e. The third-order valence-electron chi connectivity index (χ3n) is 1.76. The van der Waals surface area contributed by atoms with Crippen LogP contribution in [0, 0.1) is 0 Å². The zero-order valence-corrected chi connectivity index (χ0v) is 6.82. The minimum Gasteiger partial charge on any atom is -0.374 e. The molecule has 1 fully saturated rings. The summed E-state index contributed by atoms with van der Waals surface area (Å²) < 4.78 is 0. The molecule has 0 aromatic rings. The van der Waals surface area contributed by atoms with E-state index in [1.807, 2.05) is 0 Å². The molecule has 1 nitrogen and oxygen atoms in total. The van der Waals surface area contributed by atoms with Gasteiger partial charge in [0.15, 0.2) is 0 Å². The van der Waals surface area contributed by atoms with Crippen molar-refractivity contribution in [3.8, 4) is 0 Å². The van der Waals surface area contributed by atoms with E-state index in [0.717, 1.165) is 6.04 Å². The normalized spacial score (nSPS) is 26.9. The van der Waals surface area contributed by atoms with Crippen LogP contribution in [0.2, 0.25) is 0 Å². The molecule has 0 aromatic heterocycles. The monoisotopic (exact) mass is 143 g/mol. The lowest BCUT2D eigenvalue weighted by atomic mass is 10.1. The first kappa shape index (κ1) is 7.00. The molecule has 9 heavy (non-hydrogen) atoms. The molecule has 1 rings (SSSR count). The second-order valence-corrected chi connectivity index (χ2v) is 3.14. The maximum Gasteiger partial charge on any atom is 0.0273 e. The van der Waals surface area contributed by atoms with Crippen molar-refractivity contribution in [3.63, 3.8) is 0 Å². The zero-order valence-electron chi connectivity index (χ0n) is 6.00. The first-order valence-electron chi connectivity index (χ1n) is 3.30. The molecule has 1 saturated heterocycles. The molecule has 0 aromatic carbocycles. The molecule has 0 amide bonds. The van der Waals surface area contributed by atoms with Crippen LogP contribution in [0.5, 0.6) is 0 Å². The van der Waals surface area contributed by atoms with Gasteiger partial charge in [-0.1, -0.05) is 0 Å². The summed E-state index contributed by atoms with van der Waals surface area (Å²) >= 11 is 1.76. The number of likely N-dealkylation sites (tertiary alicyclic amines) is 1. The molecule has 0 aliphatic carbocycles. The van der Waals surface area contributed by atoms with Crippen molar-refractivity contribution in [2.24, 2.45) is 0 Å². The third kappa shape index (κ3) is 1.65. The molecule has 1 heterocycles. The van der Waals surface area contributed by atoms with Crippen LogP contribution in [0.4, 0.5) is 0 Å². The van der Waals surface area contributed by atoms with E-state index < -0.39 is 0 Å². The summed E-state index contributed by atoms with van der Waals surface area (Å²) in [5.41, 5.74) is 0. The Hall–Kier alpha value is -0.110. The Morgan fingerprint density at radius 3 is 2.78 bits per heavy atom. The zero-order chi connectivity index (χ0) is 6.69. The van der Waals surface area contributed by atoms with Crippen LogP contribution in [0.25, 0.3) is 0 Å². The van der Waals surface area contributed by atoms with E-state index in [4.69, 9.17) is 0 Å². The quantitative estimate of drug-likeness (QED) is 0.581. The molecular formula is C7H13NS. The molecule has 1 unspecified atom stereocenters. The van der Waals surface area contributed by atoms with Gasteiger partial charge >= 0.3 is 0 Å². The van der Waals surface area contributed by atoms with E-state index in [1.54, 1.807) is 11.8 Å². The van der Waals surface area contributed by atoms with E-state index in [9.17, 15) is 0 Å². The van der Waals surface area contributed by atoms with Crippen LogP contribution in [-0.4, -0.2) is 23.7 Å². The highest BCUT2D eigenvalue weighted by atomic mass is 32.2. The maximum absolute atomic E-state index is 2.36. The molecule has 0 bridgehead atoms. The summed E-state index contributed by atoms with van der Waals surface area (Å²) in [7, 11) is 0. The van der Waals surface area contributed by atoms with Crippen molar-refractivity contribution < 1.29 is 0 Å². The molecule has 52 valence electrons. The van der Waals surface area contributed by atoms with Gasteiger partial charge in [0.05, 0.1) is 0 Å². The molecule has 1 aliphatic heterocycles. The average Bonchev–Trinajstić information content (AvgIpc) is 1.86. The van der Waals surface area contributed by atoms with E-state index in [1.165, 1.54) is 13.0 Å². The molecule has 1 aliphatic rings. The lowest BCUT2D eigenvalue weighted by Crippen LogP contribution is -2.41. The molecule has 1 atom stereocenters. The minimum atomic E-state index is 0.786. The predicted octanol–water partition coefficient (Wildman–Crippen LogP) is 1.91. The van der Waals surface area contributed by atoms with E-state index in [0.29, 0.717) is 0 Å². The lowest BCUT2D eigenvalue weighted by Gasteiger charge is -2.37. The molecule has 0 spiro atoms. The Balaban J connectivity index is 2.20.